The number of nitrogens with zero attached hydrogens (tertiary/aromatic N) is 1. The molecule has 40 heavy (non-hydrogen) atoms. The highest BCUT2D eigenvalue weighted by Crippen LogP contribution is 2.39. The number of aromatic nitrogens is 1. The van der Waals surface area contributed by atoms with E-state index in [0.717, 1.165) is 12.3 Å². The minimum Gasteiger partial charge on any atom is -0.336 e. The molecule has 0 aliphatic heterocycles. The van der Waals surface area contributed by atoms with Crippen LogP contribution in [0.2, 0.25) is 5.02 Å². The molecule has 1 heterocycles. The molecular formula is C28H17ClF8N2O. The van der Waals surface area contributed by atoms with Crippen LogP contribution in [0.1, 0.15) is 38.3 Å². The Labute approximate surface area is 227 Å². The number of hydrogen-bond donors (Lipinski definition) is 1. The van der Waals surface area contributed by atoms with E-state index in [1.54, 1.807) is 30.3 Å². The summed E-state index contributed by atoms with van der Waals surface area (Å²) in [4.78, 5) is 17.6. The SMILES string of the molecule is O=C(NC(Cc1ccccc1)(c1ccc(Cl)cn1)c1cc(C(F)(F)F)ccc1F)c1ccc(F)c(C(F)(F)F)c1. The van der Waals surface area contributed by atoms with Crippen LogP contribution >= 0.6 is 11.6 Å². The summed E-state index contributed by atoms with van der Waals surface area (Å²) >= 11 is 5.95. The first kappa shape index (κ1) is 29.0. The second kappa shape index (κ2) is 10.9. The normalized spacial score (nSPS) is 13.5. The Morgan fingerprint density at radius 3 is 2.02 bits per heavy atom. The van der Waals surface area contributed by atoms with Crippen molar-refractivity contribution in [2.24, 2.45) is 0 Å². The molecule has 1 aromatic heterocycles. The van der Waals surface area contributed by atoms with Gasteiger partial charge in [-0.1, -0.05) is 41.9 Å². The highest BCUT2D eigenvalue weighted by molar-refractivity contribution is 6.30. The largest absolute Gasteiger partial charge is 0.419 e. The molecule has 3 nitrogen and oxygen atoms in total. The van der Waals surface area contributed by atoms with E-state index in [9.17, 15) is 35.5 Å². The van der Waals surface area contributed by atoms with Crippen LogP contribution in [0.4, 0.5) is 35.1 Å². The molecule has 3 aromatic carbocycles. The van der Waals surface area contributed by atoms with Gasteiger partial charge in [0.15, 0.2) is 0 Å². The summed E-state index contributed by atoms with van der Waals surface area (Å²) in [6.45, 7) is 0. The number of pyridine rings is 1. The molecule has 0 saturated carbocycles. The zero-order valence-electron chi connectivity index (χ0n) is 20.0. The molecule has 4 aromatic rings. The Morgan fingerprint density at radius 1 is 0.775 bits per heavy atom. The van der Waals surface area contributed by atoms with E-state index in [-0.39, 0.29) is 23.2 Å². The third-order valence-corrected chi connectivity index (χ3v) is 6.31. The summed E-state index contributed by atoms with van der Waals surface area (Å²) in [5, 5.41) is 2.54. The van der Waals surface area contributed by atoms with Crippen molar-refractivity contribution < 1.29 is 39.9 Å². The van der Waals surface area contributed by atoms with Gasteiger partial charge in [-0.3, -0.25) is 9.78 Å². The van der Waals surface area contributed by atoms with Crippen molar-refractivity contribution in [2.45, 2.75) is 24.3 Å². The quantitative estimate of drug-likeness (QED) is 0.234. The van der Waals surface area contributed by atoms with Crippen LogP contribution in [-0.4, -0.2) is 10.9 Å². The van der Waals surface area contributed by atoms with Gasteiger partial charge in [0.2, 0.25) is 0 Å². The summed E-state index contributed by atoms with van der Waals surface area (Å²) < 4.78 is 111. The van der Waals surface area contributed by atoms with Crippen molar-refractivity contribution in [2.75, 3.05) is 0 Å². The third-order valence-electron chi connectivity index (χ3n) is 6.09. The van der Waals surface area contributed by atoms with Crippen molar-refractivity contribution in [1.29, 1.82) is 0 Å². The molecule has 0 saturated heterocycles. The van der Waals surface area contributed by atoms with Crippen LogP contribution in [-0.2, 0) is 24.3 Å². The lowest BCUT2D eigenvalue weighted by molar-refractivity contribution is -0.140. The average molecular weight is 585 g/mol. The fraction of sp³-hybridized carbons (Fsp3) is 0.143. The van der Waals surface area contributed by atoms with Gasteiger partial charge in [-0.25, -0.2) is 8.78 Å². The zero-order valence-corrected chi connectivity index (χ0v) is 20.8. The molecule has 208 valence electrons. The van der Waals surface area contributed by atoms with Crippen molar-refractivity contribution in [3.63, 3.8) is 0 Å². The van der Waals surface area contributed by atoms with Crippen molar-refractivity contribution in [3.8, 4) is 0 Å². The first-order valence-corrected chi connectivity index (χ1v) is 11.8. The Morgan fingerprint density at radius 2 is 1.43 bits per heavy atom. The number of amides is 1. The number of benzene rings is 3. The molecule has 1 unspecified atom stereocenters. The minimum absolute atomic E-state index is 0.113. The van der Waals surface area contributed by atoms with Gasteiger partial charge < -0.3 is 5.32 Å². The second-order valence-corrected chi connectivity index (χ2v) is 9.20. The Kier molecular flexibility index (Phi) is 7.89. The summed E-state index contributed by atoms with van der Waals surface area (Å²) in [5.74, 6) is -4.05. The number of carbonyl (C=O) groups is 1. The standard InChI is InChI=1S/C28H17ClF8N2O/c29-19-8-11-24(38-15-19)26(14-16-4-2-1-3-5-16,20-13-18(27(32,33)34)7-10-22(20)30)39-25(40)17-6-9-23(31)21(12-17)28(35,36)37/h1-13,15H,14H2,(H,39,40). The highest BCUT2D eigenvalue weighted by atomic mass is 35.5. The molecular weight excluding hydrogens is 568 g/mol. The molecule has 1 N–H and O–H groups in total. The maximum absolute atomic E-state index is 15.5. The van der Waals surface area contributed by atoms with Gasteiger partial charge in [-0.05, 0) is 54.1 Å². The lowest BCUT2D eigenvalue weighted by Gasteiger charge is -2.36. The lowest BCUT2D eigenvalue weighted by atomic mass is 9.79. The molecule has 1 atom stereocenters. The average Bonchev–Trinajstić information content (AvgIpc) is 2.88. The highest BCUT2D eigenvalue weighted by Gasteiger charge is 2.43. The van der Waals surface area contributed by atoms with E-state index in [0.29, 0.717) is 29.8 Å². The fourth-order valence-corrected chi connectivity index (χ4v) is 4.32. The van der Waals surface area contributed by atoms with Crippen molar-refractivity contribution in [3.05, 3.63) is 135 Å². The van der Waals surface area contributed by atoms with Crippen LogP contribution in [0.15, 0.2) is 85.1 Å². The Balaban J connectivity index is 1.99. The molecule has 4 rings (SSSR count). The monoisotopic (exact) mass is 584 g/mol. The Bertz CT molecular complexity index is 1520. The van der Waals surface area contributed by atoms with Crippen LogP contribution < -0.4 is 5.32 Å². The first-order valence-electron chi connectivity index (χ1n) is 11.4. The molecule has 0 radical (unpaired) electrons. The molecule has 0 aliphatic rings. The van der Waals surface area contributed by atoms with E-state index in [2.05, 4.69) is 10.3 Å². The summed E-state index contributed by atoms with van der Waals surface area (Å²) in [7, 11) is 0. The number of carbonyl (C=O) groups excluding carboxylic acids is 1. The number of rotatable bonds is 6. The van der Waals surface area contributed by atoms with Crippen molar-refractivity contribution >= 4 is 17.5 Å². The summed E-state index contributed by atoms with van der Waals surface area (Å²) in [5.41, 5.74) is -6.26. The molecule has 0 aliphatic carbocycles. The van der Waals surface area contributed by atoms with Gasteiger partial charge in [-0.2, -0.15) is 26.3 Å². The summed E-state index contributed by atoms with van der Waals surface area (Å²) in [6, 6.07) is 13.5. The topological polar surface area (TPSA) is 42.0 Å². The number of hydrogen-bond acceptors (Lipinski definition) is 2. The van der Waals surface area contributed by atoms with Gasteiger partial charge in [0.25, 0.3) is 5.91 Å². The van der Waals surface area contributed by atoms with Crippen LogP contribution in [0.3, 0.4) is 0 Å². The molecule has 0 bridgehead atoms. The minimum atomic E-state index is -5.15. The van der Waals surface area contributed by atoms with Crippen molar-refractivity contribution in [1.82, 2.24) is 10.3 Å². The number of alkyl halides is 6. The zero-order chi connectivity index (χ0) is 29.3. The smallest absolute Gasteiger partial charge is 0.336 e. The van der Waals surface area contributed by atoms with E-state index < -0.39 is 57.7 Å². The predicted molar refractivity (Wildman–Crippen MR) is 130 cm³/mol. The summed E-state index contributed by atoms with van der Waals surface area (Å²) in [6.07, 6.45) is -9.31. The predicted octanol–water partition coefficient (Wildman–Crippen LogP) is 7.97. The van der Waals surface area contributed by atoms with E-state index in [1.807, 2.05) is 0 Å². The maximum Gasteiger partial charge on any atom is 0.419 e. The van der Waals surface area contributed by atoms with E-state index in [1.165, 1.54) is 12.1 Å². The number of nitrogens with one attached hydrogen (secondary N) is 1. The Hall–Kier alpha value is -3.99. The molecule has 0 fully saturated rings. The first-order chi connectivity index (χ1) is 18.7. The van der Waals surface area contributed by atoms with E-state index >= 15 is 4.39 Å². The van der Waals surface area contributed by atoms with Gasteiger partial charge in [-0.15, -0.1) is 0 Å². The van der Waals surface area contributed by atoms with Gasteiger partial charge in [0.05, 0.1) is 21.8 Å². The van der Waals surface area contributed by atoms with Crippen LogP contribution in [0.25, 0.3) is 0 Å². The third kappa shape index (κ3) is 6.09. The van der Waals surface area contributed by atoms with Gasteiger partial charge in [0.1, 0.15) is 17.2 Å². The number of halogens is 9. The molecule has 0 spiro atoms. The van der Waals surface area contributed by atoms with Gasteiger partial charge >= 0.3 is 12.4 Å². The fourth-order valence-electron chi connectivity index (χ4n) is 4.21. The van der Waals surface area contributed by atoms with E-state index in [4.69, 9.17) is 11.6 Å². The van der Waals surface area contributed by atoms with Crippen LogP contribution in [0.5, 0.6) is 0 Å². The van der Waals surface area contributed by atoms with Gasteiger partial charge in [0, 0.05) is 23.7 Å². The molecule has 12 heteroatoms. The second-order valence-electron chi connectivity index (χ2n) is 8.77. The molecule has 1 amide bonds. The van der Waals surface area contributed by atoms with Crippen LogP contribution in [0, 0.1) is 11.6 Å². The maximum atomic E-state index is 15.5. The lowest BCUT2D eigenvalue weighted by Crippen LogP contribution is -2.50.